The van der Waals surface area contributed by atoms with Gasteiger partial charge in [0.2, 0.25) is 0 Å². The highest BCUT2D eigenvalue weighted by atomic mass is 32.1. The molecule has 1 heterocycles. The Labute approximate surface area is 140 Å². The lowest BCUT2D eigenvalue weighted by molar-refractivity contribution is 0.128. The highest BCUT2D eigenvalue weighted by Crippen LogP contribution is 2.31. The molecule has 1 aromatic carbocycles. The second-order valence-corrected chi connectivity index (χ2v) is 8.62. The van der Waals surface area contributed by atoms with Crippen molar-refractivity contribution in [3.63, 3.8) is 0 Å². The number of nitrogen functional groups attached to an aromatic ring is 1. The average molecular weight is 322 g/mol. The Morgan fingerprint density at radius 3 is 2.55 bits per heavy atom. The summed E-state index contributed by atoms with van der Waals surface area (Å²) in [5, 5.41) is 0.243. The molecule has 1 aromatic rings. The zero-order valence-corrected chi connectivity index (χ0v) is 15.2. The molecule has 1 aliphatic rings. The first-order valence-electron chi connectivity index (χ1n) is 8.18. The third-order valence-corrected chi connectivity index (χ3v) is 5.14. The van der Waals surface area contributed by atoms with Crippen LogP contribution in [0.2, 0.25) is 0 Å². The highest BCUT2D eigenvalue weighted by molar-refractivity contribution is 7.80. The largest absolute Gasteiger partial charge is 0.399 e. The normalized spacial score (nSPS) is 27.1. The molecule has 0 aromatic heterocycles. The number of piperidine rings is 1. The standard InChI is InChI=1S/C18H31N3S/c1-18(2,3)11-12-5-6-15(19)14(7-12)8-13-9-16(20)21(4)17(22)10-13/h5-7,13,16-17,22H,8-11,19-20H2,1-4H3. The second kappa shape index (κ2) is 6.81. The van der Waals surface area contributed by atoms with Gasteiger partial charge in [0.1, 0.15) is 0 Å². The number of hydrogen-bond acceptors (Lipinski definition) is 4. The smallest absolute Gasteiger partial charge is 0.0581 e. The first-order valence-corrected chi connectivity index (χ1v) is 8.70. The quantitative estimate of drug-likeness (QED) is 0.591. The number of benzene rings is 1. The van der Waals surface area contributed by atoms with Gasteiger partial charge in [-0.05, 0) is 61.3 Å². The van der Waals surface area contributed by atoms with Crippen LogP contribution in [0.1, 0.15) is 44.7 Å². The summed E-state index contributed by atoms with van der Waals surface area (Å²) in [7, 11) is 2.05. The Kier molecular flexibility index (Phi) is 5.46. The second-order valence-electron chi connectivity index (χ2n) is 8.03. The molecular weight excluding hydrogens is 290 g/mol. The molecule has 3 nitrogen and oxygen atoms in total. The van der Waals surface area contributed by atoms with Crippen LogP contribution >= 0.6 is 12.6 Å². The number of thiol groups is 1. The predicted molar refractivity (Wildman–Crippen MR) is 99.0 cm³/mol. The van der Waals surface area contributed by atoms with Gasteiger partial charge in [0, 0.05) is 5.69 Å². The van der Waals surface area contributed by atoms with Crippen LogP contribution in [-0.4, -0.2) is 23.5 Å². The van der Waals surface area contributed by atoms with Crippen LogP contribution in [0.4, 0.5) is 5.69 Å². The van der Waals surface area contributed by atoms with Crippen molar-refractivity contribution in [3.8, 4) is 0 Å². The first-order chi connectivity index (χ1) is 10.2. The van der Waals surface area contributed by atoms with Gasteiger partial charge in [-0.2, -0.15) is 12.6 Å². The van der Waals surface area contributed by atoms with Crippen LogP contribution in [-0.2, 0) is 12.8 Å². The van der Waals surface area contributed by atoms with Gasteiger partial charge in [-0.15, -0.1) is 0 Å². The van der Waals surface area contributed by atoms with Gasteiger partial charge < -0.3 is 11.5 Å². The summed E-state index contributed by atoms with van der Waals surface area (Å²) in [6.07, 6.45) is 4.25. The zero-order chi connectivity index (χ0) is 16.5. The summed E-state index contributed by atoms with van der Waals surface area (Å²) in [5.41, 5.74) is 16.2. The summed E-state index contributed by atoms with van der Waals surface area (Å²) < 4.78 is 0. The number of nitrogens with two attached hydrogens (primary N) is 2. The van der Waals surface area contributed by atoms with E-state index < -0.39 is 0 Å². The van der Waals surface area contributed by atoms with Crippen molar-refractivity contribution in [2.45, 2.75) is 58.0 Å². The Bertz CT molecular complexity index is 498. The lowest BCUT2D eigenvalue weighted by Gasteiger charge is -2.39. The zero-order valence-electron chi connectivity index (χ0n) is 14.3. The minimum absolute atomic E-state index is 0.0974. The molecule has 0 aliphatic carbocycles. The van der Waals surface area contributed by atoms with Crippen molar-refractivity contribution in [2.24, 2.45) is 17.1 Å². The van der Waals surface area contributed by atoms with Crippen molar-refractivity contribution >= 4 is 18.3 Å². The fourth-order valence-electron chi connectivity index (χ4n) is 3.33. The number of likely N-dealkylation sites (tertiary alicyclic amines) is 1. The number of anilines is 1. The molecule has 124 valence electrons. The van der Waals surface area contributed by atoms with Crippen molar-refractivity contribution in [3.05, 3.63) is 29.3 Å². The van der Waals surface area contributed by atoms with E-state index in [1.54, 1.807) is 0 Å². The van der Waals surface area contributed by atoms with Gasteiger partial charge in [-0.3, -0.25) is 4.90 Å². The van der Waals surface area contributed by atoms with E-state index in [9.17, 15) is 0 Å². The summed E-state index contributed by atoms with van der Waals surface area (Å²) >= 11 is 4.66. The van der Waals surface area contributed by atoms with Gasteiger partial charge in [0.15, 0.2) is 0 Å². The first kappa shape index (κ1) is 17.6. The van der Waals surface area contributed by atoms with E-state index in [0.29, 0.717) is 11.3 Å². The molecule has 1 saturated heterocycles. The van der Waals surface area contributed by atoms with Crippen LogP contribution in [0.15, 0.2) is 18.2 Å². The molecule has 22 heavy (non-hydrogen) atoms. The molecular formula is C18H31N3S. The number of hydrogen-bond donors (Lipinski definition) is 3. The van der Waals surface area contributed by atoms with Gasteiger partial charge in [-0.1, -0.05) is 32.9 Å². The molecule has 0 amide bonds. The topological polar surface area (TPSA) is 55.3 Å². The van der Waals surface area contributed by atoms with E-state index >= 15 is 0 Å². The van der Waals surface area contributed by atoms with Crippen LogP contribution in [0.5, 0.6) is 0 Å². The highest BCUT2D eigenvalue weighted by Gasteiger charge is 2.29. The van der Waals surface area contributed by atoms with Crippen molar-refractivity contribution < 1.29 is 0 Å². The predicted octanol–water partition coefficient (Wildman–Crippen LogP) is 3.28. The van der Waals surface area contributed by atoms with Gasteiger partial charge in [-0.25, -0.2) is 0 Å². The van der Waals surface area contributed by atoms with Crippen LogP contribution in [0.25, 0.3) is 0 Å². The Morgan fingerprint density at radius 2 is 1.95 bits per heavy atom. The minimum atomic E-state index is 0.0974. The van der Waals surface area contributed by atoms with E-state index in [1.165, 1.54) is 11.1 Å². The van der Waals surface area contributed by atoms with E-state index in [-0.39, 0.29) is 11.5 Å². The molecule has 0 spiro atoms. The number of rotatable bonds is 3. The minimum Gasteiger partial charge on any atom is -0.399 e. The molecule has 1 aliphatic heterocycles. The molecule has 0 saturated carbocycles. The average Bonchev–Trinajstić information content (AvgIpc) is 2.38. The van der Waals surface area contributed by atoms with Gasteiger partial charge in [0.05, 0.1) is 11.5 Å². The molecule has 4 N–H and O–H groups in total. The van der Waals surface area contributed by atoms with Crippen molar-refractivity contribution in [1.29, 1.82) is 0 Å². The van der Waals surface area contributed by atoms with E-state index in [0.717, 1.165) is 31.4 Å². The molecule has 3 atom stereocenters. The summed E-state index contributed by atoms with van der Waals surface area (Å²) in [6.45, 7) is 6.81. The van der Waals surface area contributed by atoms with Crippen LogP contribution in [0, 0.1) is 11.3 Å². The Morgan fingerprint density at radius 1 is 1.27 bits per heavy atom. The molecule has 1 fully saturated rings. The Hall–Kier alpha value is -0.710. The van der Waals surface area contributed by atoms with Crippen LogP contribution in [0.3, 0.4) is 0 Å². The van der Waals surface area contributed by atoms with Crippen molar-refractivity contribution in [2.75, 3.05) is 12.8 Å². The monoisotopic (exact) mass is 321 g/mol. The van der Waals surface area contributed by atoms with Gasteiger partial charge >= 0.3 is 0 Å². The van der Waals surface area contributed by atoms with Gasteiger partial charge in [0.25, 0.3) is 0 Å². The summed E-state index contributed by atoms with van der Waals surface area (Å²) in [4.78, 5) is 2.15. The molecule has 3 unspecified atom stereocenters. The van der Waals surface area contributed by atoms with E-state index in [1.807, 2.05) is 0 Å². The van der Waals surface area contributed by atoms with Crippen molar-refractivity contribution in [1.82, 2.24) is 4.90 Å². The maximum atomic E-state index is 6.21. The maximum absolute atomic E-state index is 6.21. The van der Waals surface area contributed by atoms with E-state index in [4.69, 9.17) is 11.5 Å². The fourth-order valence-corrected chi connectivity index (χ4v) is 3.79. The molecule has 4 heteroatoms. The van der Waals surface area contributed by atoms with Crippen LogP contribution < -0.4 is 11.5 Å². The molecule has 0 bridgehead atoms. The molecule has 2 rings (SSSR count). The third-order valence-electron chi connectivity index (χ3n) is 4.56. The fraction of sp³-hybridized carbons (Fsp3) is 0.667. The number of nitrogens with zero attached hydrogens (tertiary/aromatic N) is 1. The Balaban J connectivity index is 2.10. The lowest BCUT2D eigenvalue weighted by atomic mass is 9.85. The van der Waals surface area contributed by atoms with E-state index in [2.05, 4.69) is 63.5 Å². The lowest BCUT2D eigenvalue weighted by Crippen LogP contribution is -2.49. The molecule has 0 radical (unpaired) electrons. The SMILES string of the molecule is CN1C(N)CC(Cc2cc(CC(C)(C)C)ccc2N)CC1S. The summed E-state index contributed by atoms with van der Waals surface area (Å²) in [5.74, 6) is 0.556. The maximum Gasteiger partial charge on any atom is 0.0581 e. The third kappa shape index (κ3) is 4.64. The summed E-state index contributed by atoms with van der Waals surface area (Å²) in [6, 6.07) is 6.51.